The third-order valence-corrected chi connectivity index (χ3v) is 6.65. The zero-order valence-corrected chi connectivity index (χ0v) is 18.7. The molecule has 166 valence electrons. The van der Waals surface area contributed by atoms with E-state index in [2.05, 4.69) is 27.5 Å². The highest BCUT2D eigenvalue weighted by Gasteiger charge is 2.35. The molecule has 3 aromatic rings. The van der Waals surface area contributed by atoms with E-state index in [9.17, 15) is 15.2 Å². The number of carbonyl (C=O) groups is 1. The number of aromatic nitrogens is 3. The van der Waals surface area contributed by atoms with E-state index in [1.54, 1.807) is 12.3 Å². The molecule has 1 fully saturated rings. The highest BCUT2D eigenvalue weighted by molar-refractivity contribution is 5.85. The number of aryl methyl sites for hydroxylation is 1. The van der Waals surface area contributed by atoms with E-state index in [0.29, 0.717) is 17.9 Å². The second-order valence-electron chi connectivity index (χ2n) is 9.19. The summed E-state index contributed by atoms with van der Waals surface area (Å²) in [6.45, 7) is 5.55. The summed E-state index contributed by atoms with van der Waals surface area (Å²) >= 11 is 0. The number of nitrogens with zero attached hydrogens (tertiary/aromatic N) is 5. The summed E-state index contributed by atoms with van der Waals surface area (Å²) in [5.41, 5.74) is 3.47. The molecular weight excluding hydrogens is 402 g/mol. The zero-order valence-electron chi connectivity index (χ0n) is 18.7. The second-order valence-corrected chi connectivity index (χ2v) is 9.19. The first-order valence-corrected chi connectivity index (χ1v) is 11.2. The third kappa shape index (κ3) is 4.45. The first kappa shape index (κ1) is 21.8. The maximum absolute atomic E-state index is 12.1. The third-order valence-electron chi connectivity index (χ3n) is 6.65. The molecule has 1 aromatic carbocycles. The first-order valence-electron chi connectivity index (χ1n) is 11.2. The van der Waals surface area contributed by atoms with Crippen LogP contribution >= 0.6 is 0 Å². The van der Waals surface area contributed by atoms with E-state index in [-0.39, 0.29) is 11.3 Å². The lowest BCUT2D eigenvalue weighted by Gasteiger charge is -2.40. The number of benzene rings is 1. The van der Waals surface area contributed by atoms with Crippen molar-refractivity contribution in [3.8, 4) is 6.07 Å². The predicted molar refractivity (Wildman–Crippen MR) is 123 cm³/mol. The van der Waals surface area contributed by atoms with Crippen LogP contribution in [0, 0.1) is 22.7 Å². The Morgan fingerprint density at radius 1 is 1.38 bits per heavy atom. The Balaban J connectivity index is 1.53. The van der Waals surface area contributed by atoms with Gasteiger partial charge < -0.3 is 9.67 Å². The minimum Gasteiger partial charge on any atom is -0.465 e. The lowest BCUT2D eigenvalue weighted by Crippen LogP contribution is -2.39. The van der Waals surface area contributed by atoms with Crippen molar-refractivity contribution >= 4 is 22.9 Å². The molecule has 1 aliphatic rings. The highest BCUT2D eigenvalue weighted by atomic mass is 16.4. The summed E-state index contributed by atoms with van der Waals surface area (Å²) in [6.07, 6.45) is 7.40. The van der Waals surface area contributed by atoms with Gasteiger partial charge in [-0.3, -0.25) is 4.90 Å². The Labute approximate surface area is 188 Å². The molecule has 7 heteroatoms. The van der Waals surface area contributed by atoms with Crippen molar-refractivity contribution in [3.63, 3.8) is 0 Å². The number of carboxylic acid groups (broad SMARTS) is 1. The van der Waals surface area contributed by atoms with Crippen LogP contribution in [0.1, 0.15) is 50.7 Å². The van der Waals surface area contributed by atoms with Crippen LogP contribution in [0.2, 0.25) is 0 Å². The van der Waals surface area contributed by atoms with Gasteiger partial charge in [-0.25, -0.2) is 14.8 Å². The molecule has 0 saturated heterocycles. The molecule has 0 bridgehead atoms. The Hall–Kier alpha value is -3.40. The summed E-state index contributed by atoms with van der Waals surface area (Å²) in [5, 5.41) is 19.2. The minimum atomic E-state index is -0.949. The van der Waals surface area contributed by atoms with Gasteiger partial charge in [-0.1, -0.05) is 26.3 Å². The number of hydrogen-bond donors (Lipinski definition) is 1. The minimum absolute atomic E-state index is 0.0288. The molecule has 1 aliphatic carbocycles. The van der Waals surface area contributed by atoms with Gasteiger partial charge in [0.25, 0.3) is 0 Å². The SMILES string of the molecule is CCc1cccnc1N(CC1CCCC(C)(Cn2cnc3ccc(C#N)cc32)C1)C(=O)O. The molecule has 0 radical (unpaired) electrons. The standard InChI is InChI=1S/C25H29N5O2/c1-3-20-7-5-11-27-23(20)30(24(31)32)15-19-6-4-10-25(2,13-19)16-29-17-28-21-9-8-18(14-26)12-22(21)29/h5,7-9,11-12,17,19H,3-4,6,10,13,15-16H2,1-2H3,(H,31,32). The van der Waals surface area contributed by atoms with E-state index in [1.165, 1.54) is 4.90 Å². The van der Waals surface area contributed by atoms with Crippen LogP contribution in [0.25, 0.3) is 11.0 Å². The normalized spacial score (nSPS) is 20.7. The van der Waals surface area contributed by atoms with Crippen LogP contribution in [0.3, 0.4) is 0 Å². The van der Waals surface area contributed by atoms with Crippen LogP contribution in [0.4, 0.5) is 10.6 Å². The molecule has 2 atom stereocenters. The van der Waals surface area contributed by atoms with Gasteiger partial charge in [0.2, 0.25) is 0 Å². The zero-order chi connectivity index (χ0) is 22.7. The smallest absolute Gasteiger partial charge is 0.413 e. The second kappa shape index (κ2) is 8.99. The van der Waals surface area contributed by atoms with Crippen molar-refractivity contribution in [2.24, 2.45) is 11.3 Å². The fourth-order valence-electron chi connectivity index (χ4n) is 5.14. The summed E-state index contributed by atoms with van der Waals surface area (Å²) in [7, 11) is 0. The monoisotopic (exact) mass is 431 g/mol. The summed E-state index contributed by atoms with van der Waals surface area (Å²) in [4.78, 5) is 22.4. The largest absolute Gasteiger partial charge is 0.465 e. The van der Waals surface area contributed by atoms with Gasteiger partial charge in [0.15, 0.2) is 0 Å². The van der Waals surface area contributed by atoms with E-state index in [1.807, 2.05) is 37.5 Å². The number of rotatable bonds is 6. The van der Waals surface area contributed by atoms with Crippen LogP contribution in [-0.2, 0) is 13.0 Å². The Morgan fingerprint density at radius 3 is 2.97 bits per heavy atom. The van der Waals surface area contributed by atoms with Gasteiger partial charge >= 0.3 is 6.09 Å². The van der Waals surface area contributed by atoms with Gasteiger partial charge in [0.1, 0.15) is 5.82 Å². The van der Waals surface area contributed by atoms with Crippen LogP contribution in [0.5, 0.6) is 0 Å². The molecule has 2 aromatic heterocycles. The summed E-state index contributed by atoms with van der Waals surface area (Å²) in [5.74, 6) is 0.820. The van der Waals surface area contributed by atoms with Crippen LogP contribution in [-0.4, -0.2) is 32.3 Å². The van der Waals surface area contributed by atoms with Crippen LogP contribution < -0.4 is 4.90 Å². The molecule has 1 amide bonds. The Bertz CT molecular complexity index is 1160. The molecular formula is C25H29N5O2. The van der Waals surface area contributed by atoms with Gasteiger partial charge in [0.05, 0.1) is 29.0 Å². The molecule has 0 spiro atoms. The molecule has 2 heterocycles. The van der Waals surface area contributed by atoms with E-state index in [4.69, 9.17) is 0 Å². The molecule has 2 unspecified atom stereocenters. The van der Waals surface area contributed by atoms with Gasteiger partial charge in [-0.05, 0) is 66.8 Å². The Kier molecular flexibility index (Phi) is 6.13. The van der Waals surface area contributed by atoms with Crippen molar-refractivity contribution in [1.29, 1.82) is 5.26 Å². The number of imidazole rings is 1. The van der Waals surface area contributed by atoms with Gasteiger partial charge in [-0.2, -0.15) is 5.26 Å². The molecule has 32 heavy (non-hydrogen) atoms. The van der Waals surface area contributed by atoms with Gasteiger partial charge in [0, 0.05) is 19.3 Å². The lowest BCUT2D eigenvalue weighted by molar-refractivity contribution is 0.136. The average Bonchev–Trinajstić information content (AvgIpc) is 3.18. The average molecular weight is 432 g/mol. The molecule has 1 N–H and O–H groups in total. The van der Waals surface area contributed by atoms with Crippen molar-refractivity contribution in [3.05, 3.63) is 54.0 Å². The highest BCUT2D eigenvalue weighted by Crippen LogP contribution is 2.41. The number of hydrogen-bond acceptors (Lipinski definition) is 4. The maximum Gasteiger partial charge on any atom is 0.413 e. The number of anilines is 1. The van der Waals surface area contributed by atoms with E-state index in [0.717, 1.165) is 55.2 Å². The molecule has 4 rings (SSSR count). The van der Waals surface area contributed by atoms with Crippen LogP contribution in [0.15, 0.2) is 42.9 Å². The van der Waals surface area contributed by atoms with Crippen molar-refractivity contribution in [2.75, 3.05) is 11.4 Å². The van der Waals surface area contributed by atoms with Crippen molar-refractivity contribution < 1.29 is 9.90 Å². The summed E-state index contributed by atoms with van der Waals surface area (Å²) in [6, 6.07) is 11.6. The number of amides is 1. The fraction of sp³-hybridized carbons (Fsp3) is 0.440. The topological polar surface area (TPSA) is 95.0 Å². The molecule has 0 aliphatic heterocycles. The van der Waals surface area contributed by atoms with Crippen molar-refractivity contribution in [1.82, 2.24) is 14.5 Å². The molecule has 7 nitrogen and oxygen atoms in total. The fourth-order valence-corrected chi connectivity index (χ4v) is 5.14. The quantitative estimate of drug-likeness (QED) is 0.575. The van der Waals surface area contributed by atoms with E-state index < -0.39 is 6.09 Å². The van der Waals surface area contributed by atoms with E-state index >= 15 is 0 Å². The first-order chi connectivity index (χ1) is 15.4. The Morgan fingerprint density at radius 2 is 2.22 bits per heavy atom. The predicted octanol–water partition coefficient (Wildman–Crippen LogP) is 5.25. The summed E-state index contributed by atoms with van der Waals surface area (Å²) < 4.78 is 2.14. The van der Waals surface area contributed by atoms with Gasteiger partial charge in [-0.15, -0.1) is 0 Å². The number of pyridine rings is 1. The number of fused-ring (bicyclic) bond motifs is 1. The van der Waals surface area contributed by atoms with Crippen molar-refractivity contribution in [2.45, 2.75) is 52.5 Å². The lowest BCUT2D eigenvalue weighted by atomic mass is 9.70. The maximum atomic E-state index is 12.1. The molecule has 1 saturated carbocycles. The number of nitriles is 1.